The SMILES string of the molecule is CNc1cncc(NCC2CCCC2O)n1. The topological polar surface area (TPSA) is 70.1 Å². The highest BCUT2D eigenvalue weighted by Crippen LogP contribution is 2.25. The smallest absolute Gasteiger partial charge is 0.146 e. The molecule has 1 aromatic heterocycles. The second kappa shape index (κ2) is 5.12. The number of anilines is 2. The molecule has 2 unspecified atom stereocenters. The first-order valence-electron chi connectivity index (χ1n) is 5.71. The number of rotatable bonds is 4. The zero-order valence-electron chi connectivity index (χ0n) is 9.48. The van der Waals surface area contributed by atoms with E-state index in [1.807, 2.05) is 7.05 Å². The molecule has 16 heavy (non-hydrogen) atoms. The fourth-order valence-electron chi connectivity index (χ4n) is 2.06. The lowest BCUT2D eigenvalue weighted by atomic mass is 10.1. The van der Waals surface area contributed by atoms with Crippen molar-refractivity contribution in [1.82, 2.24) is 9.97 Å². The van der Waals surface area contributed by atoms with E-state index in [4.69, 9.17) is 0 Å². The molecular formula is C11H18N4O. The Bertz CT molecular complexity index is 345. The number of nitrogens with zero attached hydrogens (tertiary/aromatic N) is 2. The normalized spacial score (nSPS) is 24.4. The molecule has 2 atom stereocenters. The van der Waals surface area contributed by atoms with Gasteiger partial charge in [-0.1, -0.05) is 6.42 Å². The second-order valence-electron chi connectivity index (χ2n) is 4.18. The number of aromatic nitrogens is 2. The molecule has 1 aromatic rings. The number of nitrogens with one attached hydrogen (secondary N) is 2. The molecule has 1 aliphatic carbocycles. The van der Waals surface area contributed by atoms with Gasteiger partial charge in [-0.05, 0) is 12.8 Å². The van der Waals surface area contributed by atoms with E-state index >= 15 is 0 Å². The molecule has 1 aliphatic rings. The molecule has 0 aliphatic heterocycles. The van der Waals surface area contributed by atoms with Gasteiger partial charge in [-0.25, -0.2) is 4.98 Å². The lowest BCUT2D eigenvalue weighted by Gasteiger charge is -2.15. The summed E-state index contributed by atoms with van der Waals surface area (Å²) in [5.41, 5.74) is 0. The Morgan fingerprint density at radius 1 is 1.38 bits per heavy atom. The first-order valence-corrected chi connectivity index (χ1v) is 5.71. The van der Waals surface area contributed by atoms with Gasteiger partial charge in [0.25, 0.3) is 0 Å². The van der Waals surface area contributed by atoms with E-state index in [1.54, 1.807) is 12.4 Å². The van der Waals surface area contributed by atoms with Crippen LogP contribution in [0.2, 0.25) is 0 Å². The molecule has 1 saturated carbocycles. The van der Waals surface area contributed by atoms with Crippen LogP contribution in [-0.4, -0.2) is 34.8 Å². The Labute approximate surface area is 95.3 Å². The van der Waals surface area contributed by atoms with Gasteiger partial charge < -0.3 is 15.7 Å². The second-order valence-corrected chi connectivity index (χ2v) is 4.18. The lowest BCUT2D eigenvalue weighted by molar-refractivity contribution is 0.138. The Morgan fingerprint density at radius 2 is 2.19 bits per heavy atom. The fraction of sp³-hybridized carbons (Fsp3) is 0.636. The zero-order valence-corrected chi connectivity index (χ0v) is 9.48. The van der Waals surface area contributed by atoms with Crippen LogP contribution in [-0.2, 0) is 0 Å². The summed E-state index contributed by atoms with van der Waals surface area (Å²) >= 11 is 0. The van der Waals surface area contributed by atoms with E-state index in [1.165, 1.54) is 0 Å². The molecule has 3 N–H and O–H groups in total. The molecule has 5 heteroatoms. The standard InChI is InChI=1S/C11H18N4O/c1-12-10-6-13-7-11(15-10)14-5-8-3-2-4-9(8)16/h6-9,16H,2-5H2,1H3,(H2,12,14,15). The molecule has 0 amide bonds. The monoisotopic (exact) mass is 222 g/mol. The van der Waals surface area contributed by atoms with Crippen molar-refractivity contribution in [1.29, 1.82) is 0 Å². The summed E-state index contributed by atoms with van der Waals surface area (Å²) in [6.45, 7) is 0.767. The van der Waals surface area contributed by atoms with E-state index in [2.05, 4.69) is 20.6 Å². The third-order valence-corrected chi connectivity index (χ3v) is 3.06. The van der Waals surface area contributed by atoms with Gasteiger partial charge in [0.1, 0.15) is 11.6 Å². The van der Waals surface area contributed by atoms with Crippen LogP contribution in [0.15, 0.2) is 12.4 Å². The quantitative estimate of drug-likeness (QED) is 0.711. The maximum absolute atomic E-state index is 9.68. The maximum Gasteiger partial charge on any atom is 0.146 e. The summed E-state index contributed by atoms with van der Waals surface area (Å²) in [5, 5.41) is 15.8. The summed E-state index contributed by atoms with van der Waals surface area (Å²) in [6.07, 6.45) is 6.35. The van der Waals surface area contributed by atoms with Crippen molar-refractivity contribution in [2.75, 3.05) is 24.2 Å². The molecule has 2 rings (SSSR count). The molecule has 5 nitrogen and oxygen atoms in total. The van der Waals surface area contributed by atoms with Crippen molar-refractivity contribution in [2.45, 2.75) is 25.4 Å². The van der Waals surface area contributed by atoms with Crippen LogP contribution in [0.1, 0.15) is 19.3 Å². The van der Waals surface area contributed by atoms with E-state index in [0.717, 1.165) is 37.4 Å². The molecule has 88 valence electrons. The summed E-state index contributed by atoms with van der Waals surface area (Å²) in [7, 11) is 1.81. The minimum absolute atomic E-state index is 0.159. The lowest BCUT2D eigenvalue weighted by Crippen LogP contribution is -2.22. The van der Waals surface area contributed by atoms with Crippen molar-refractivity contribution in [3.8, 4) is 0 Å². The minimum atomic E-state index is -0.159. The van der Waals surface area contributed by atoms with Crippen molar-refractivity contribution in [2.24, 2.45) is 5.92 Å². The molecule has 1 fully saturated rings. The third-order valence-electron chi connectivity index (χ3n) is 3.06. The number of hydrogen-bond donors (Lipinski definition) is 3. The average molecular weight is 222 g/mol. The van der Waals surface area contributed by atoms with Crippen LogP contribution < -0.4 is 10.6 Å². The Morgan fingerprint density at radius 3 is 2.88 bits per heavy atom. The molecule has 0 saturated heterocycles. The Balaban J connectivity index is 1.88. The van der Waals surface area contributed by atoms with Crippen molar-refractivity contribution in [3.05, 3.63) is 12.4 Å². The molecular weight excluding hydrogens is 204 g/mol. The van der Waals surface area contributed by atoms with E-state index in [-0.39, 0.29) is 6.10 Å². The molecule has 1 heterocycles. The highest BCUT2D eigenvalue weighted by molar-refractivity contribution is 5.40. The van der Waals surface area contributed by atoms with Gasteiger partial charge >= 0.3 is 0 Å². The summed E-state index contributed by atoms with van der Waals surface area (Å²) < 4.78 is 0. The van der Waals surface area contributed by atoms with E-state index in [0.29, 0.717) is 5.92 Å². The number of aliphatic hydroxyl groups excluding tert-OH is 1. The Hall–Kier alpha value is -1.36. The van der Waals surface area contributed by atoms with Crippen LogP contribution >= 0.6 is 0 Å². The van der Waals surface area contributed by atoms with Gasteiger partial charge in [0.2, 0.25) is 0 Å². The fourth-order valence-corrected chi connectivity index (χ4v) is 2.06. The van der Waals surface area contributed by atoms with Gasteiger partial charge in [0.05, 0.1) is 18.5 Å². The summed E-state index contributed by atoms with van der Waals surface area (Å²) in [5.74, 6) is 1.85. The first kappa shape index (κ1) is 11.1. The highest BCUT2D eigenvalue weighted by Gasteiger charge is 2.24. The predicted octanol–water partition coefficient (Wildman–Crippen LogP) is 1.09. The molecule has 0 spiro atoms. The van der Waals surface area contributed by atoms with Gasteiger partial charge in [-0.2, -0.15) is 0 Å². The van der Waals surface area contributed by atoms with Crippen LogP contribution in [0.3, 0.4) is 0 Å². The van der Waals surface area contributed by atoms with Gasteiger partial charge in [0, 0.05) is 19.5 Å². The number of aliphatic hydroxyl groups is 1. The van der Waals surface area contributed by atoms with Crippen LogP contribution in [0.4, 0.5) is 11.6 Å². The van der Waals surface area contributed by atoms with Crippen LogP contribution in [0, 0.1) is 5.92 Å². The predicted molar refractivity (Wildman–Crippen MR) is 63.4 cm³/mol. The van der Waals surface area contributed by atoms with E-state index < -0.39 is 0 Å². The summed E-state index contributed by atoms with van der Waals surface area (Å²) in [4.78, 5) is 8.38. The largest absolute Gasteiger partial charge is 0.393 e. The first-order chi connectivity index (χ1) is 7.79. The van der Waals surface area contributed by atoms with Crippen molar-refractivity contribution in [3.63, 3.8) is 0 Å². The Kier molecular flexibility index (Phi) is 3.56. The molecule has 0 aromatic carbocycles. The maximum atomic E-state index is 9.68. The highest BCUT2D eigenvalue weighted by atomic mass is 16.3. The van der Waals surface area contributed by atoms with Gasteiger partial charge in [-0.3, -0.25) is 4.98 Å². The minimum Gasteiger partial charge on any atom is -0.393 e. The third kappa shape index (κ3) is 2.61. The number of hydrogen-bond acceptors (Lipinski definition) is 5. The van der Waals surface area contributed by atoms with Crippen molar-refractivity contribution < 1.29 is 5.11 Å². The zero-order chi connectivity index (χ0) is 11.4. The molecule has 0 radical (unpaired) electrons. The van der Waals surface area contributed by atoms with Gasteiger partial charge in [0.15, 0.2) is 0 Å². The van der Waals surface area contributed by atoms with E-state index in [9.17, 15) is 5.11 Å². The average Bonchev–Trinajstić information content (AvgIpc) is 2.72. The van der Waals surface area contributed by atoms with Crippen LogP contribution in [0.25, 0.3) is 0 Å². The van der Waals surface area contributed by atoms with Crippen molar-refractivity contribution >= 4 is 11.6 Å². The van der Waals surface area contributed by atoms with Gasteiger partial charge in [-0.15, -0.1) is 0 Å². The van der Waals surface area contributed by atoms with Crippen LogP contribution in [0.5, 0.6) is 0 Å². The molecule has 0 bridgehead atoms. The summed E-state index contributed by atoms with van der Waals surface area (Å²) in [6, 6.07) is 0.